The maximum atomic E-state index is 6.79. The van der Waals surface area contributed by atoms with Crippen LogP contribution in [0, 0.1) is 0 Å². The van der Waals surface area contributed by atoms with Crippen LogP contribution in [0.4, 0.5) is 0 Å². The number of hydrogen-bond acceptors (Lipinski definition) is 0. The highest BCUT2D eigenvalue weighted by molar-refractivity contribution is 8.01. The predicted octanol–water partition coefficient (Wildman–Crippen LogP) is 1.96. The monoisotopic (exact) mass is 500 g/mol. The molecule has 0 aliphatic heterocycles. The summed E-state index contributed by atoms with van der Waals surface area (Å²) in [6.07, 6.45) is 0. The van der Waals surface area contributed by atoms with Gasteiger partial charge in [-0.3, -0.25) is 0 Å². The third-order valence-corrected chi connectivity index (χ3v) is 9.44. The molecule has 0 atom stereocenters. The number of benzene rings is 4. The van der Waals surface area contributed by atoms with Gasteiger partial charge in [0, 0.05) is 0 Å². The van der Waals surface area contributed by atoms with E-state index in [1.807, 2.05) is 12.1 Å². The van der Waals surface area contributed by atoms with E-state index in [-0.39, 0.29) is 24.0 Å². The number of halogens is 2. The van der Waals surface area contributed by atoms with Crippen molar-refractivity contribution in [2.45, 2.75) is 0 Å². The van der Waals surface area contributed by atoms with Gasteiger partial charge in [-0.1, -0.05) is 78.3 Å². The topological polar surface area (TPSA) is 0 Å². The highest BCUT2D eigenvalue weighted by Gasteiger charge is 2.48. The van der Waals surface area contributed by atoms with Crippen LogP contribution in [0.2, 0.25) is 5.02 Å². The van der Waals surface area contributed by atoms with Gasteiger partial charge in [-0.15, -0.1) is 0 Å². The molecular weight excluding hydrogens is 482 g/mol. The summed E-state index contributed by atoms with van der Waals surface area (Å²) in [4.78, 5) is 0. The van der Waals surface area contributed by atoms with Crippen molar-refractivity contribution in [2.24, 2.45) is 0 Å². The van der Waals surface area contributed by atoms with Gasteiger partial charge >= 0.3 is 0 Å². The first-order chi connectivity index (χ1) is 12.8. The van der Waals surface area contributed by atoms with Gasteiger partial charge < -0.3 is 24.0 Å². The second-order valence-corrected chi connectivity index (χ2v) is 9.91. The molecule has 4 rings (SSSR count). The van der Waals surface area contributed by atoms with Crippen molar-refractivity contribution >= 4 is 40.1 Å². The van der Waals surface area contributed by atoms with Crippen molar-refractivity contribution in [3.05, 3.63) is 120 Å². The summed E-state index contributed by atoms with van der Waals surface area (Å²) in [5.41, 5.74) is 0. The van der Waals surface area contributed by atoms with E-state index in [0.717, 1.165) is 5.02 Å². The molecule has 0 saturated heterocycles. The quantitative estimate of drug-likeness (QED) is 0.297. The SMILES string of the molecule is Clc1ccccc1[P+](c1ccccc1)(c1ccccc1)c1ccccc1.[I-]. The molecule has 0 radical (unpaired) electrons. The minimum atomic E-state index is -2.08. The van der Waals surface area contributed by atoms with Gasteiger partial charge in [-0.2, -0.15) is 0 Å². The summed E-state index contributed by atoms with van der Waals surface area (Å²) in [6, 6.07) is 40.6. The lowest BCUT2D eigenvalue weighted by atomic mass is 10.3. The van der Waals surface area contributed by atoms with Gasteiger partial charge in [-0.05, 0) is 48.5 Å². The van der Waals surface area contributed by atoms with Crippen molar-refractivity contribution in [3.63, 3.8) is 0 Å². The highest BCUT2D eigenvalue weighted by Crippen LogP contribution is 2.55. The molecule has 0 nitrogen and oxygen atoms in total. The lowest BCUT2D eigenvalue weighted by Crippen LogP contribution is -3.00. The fourth-order valence-electron chi connectivity index (χ4n) is 3.54. The molecule has 27 heavy (non-hydrogen) atoms. The third-order valence-electron chi connectivity index (χ3n) is 4.64. The maximum absolute atomic E-state index is 6.79. The lowest BCUT2D eigenvalue weighted by Gasteiger charge is -2.28. The average molecular weight is 501 g/mol. The van der Waals surface area contributed by atoms with Crippen LogP contribution in [0.1, 0.15) is 0 Å². The van der Waals surface area contributed by atoms with Crippen LogP contribution in [-0.4, -0.2) is 0 Å². The van der Waals surface area contributed by atoms with Crippen LogP contribution in [0.5, 0.6) is 0 Å². The average Bonchev–Trinajstić information content (AvgIpc) is 2.72. The van der Waals surface area contributed by atoms with Crippen LogP contribution in [0.25, 0.3) is 0 Å². The van der Waals surface area contributed by atoms with E-state index in [4.69, 9.17) is 11.6 Å². The Kier molecular flexibility index (Phi) is 6.70. The molecule has 0 unspecified atom stereocenters. The third kappa shape index (κ3) is 3.69. The highest BCUT2D eigenvalue weighted by atomic mass is 127. The molecule has 0 N–H and O–H groups in total. The van der Waals surface area contributed by atoms with Gasteiger partial charge in [0.1, 0.15) is 28.5 Å². The predicted molar refractivity (Wildman–Crippen MR) is 116 cm³/mol. The maximum Gasteiger partial charge on any atom is 0.145 e. The van der Waals surface area contributed by atoms with E-state index < -0.39 is 7.26 Å². The van der Waals surface area contributed by atoms with E-state index in [9.17, 15) is 0 Å². The molecule has 0 fully saturated rings. The zero-order chi connectivity index (χ0) is 17.8. The molecule has 4 aromatic carbocycles. The van der Waals surface area contributed by atoms with Crippen LogP contribution in [0.3, 0.4) is 0 Å². The molecule has 0 aromatic heterocycles. The Morgan fingerprint density at radius 2 is 0.778 bits per heavy atom. The van der Waals surface area contributed by atoms with Crippen molar-refractivity contribution in [3.8, 4) is 0 Å². The van der Waals surface area contributed by atoms with E-state index >= 15 is 0 Å². The van der Waals surface area contributed by atoms with Crippen molar-refractivity contribution in [1.29, 1.82) is 0 Å². The molecule has 0 spiro atoms. The summed E-state index contributed by atoms with van der Waals surface area (Å²) >= 11 is 6.79. The van der Waals surface area contributed by atoms with Gasteiger partial charge in [0.2, 0.25) is 0 Å². The molecule has 0 saturated carbocycles. The second kappa shape index (κ2) is 9.01. The summed E-state index contributed by atoms with van der Waals surface area (Å²) in [5.74, 6) is 0. The standard InChI is InChI=1S/C24H19ClP.HI/c25-23-18-10-11-19-24(23)26(20-12-4-1-5-13-20,21-14-6-2-7-15-21)22-16-8-3-9-17-22;/h1-19H;1H/q+1;/p-1. The molecule has 134 valence electrons. The first-order valence-corrected chi connectivity index (χ1v) is 10.8. The minimum absolute atomic E-state index is 0. The molecule has 3 heteroatoms. The zero-order valence-corrected chi connectivity index (χ0v) is 18.5. The van der Waals surface area contributed by atoms with Crippen LogP contribution >= 0.6 is 18.9 Å². The lowest BCUT2D eigenvalue weighted by molar-refractivity contribution is -0.00000483. The van der Waals surface area contributed by atoms with E-state index in [1.165, 1.54) is 21.2 Å². The fraction of sp³-hybridized carbons (Fsp3) is 0. The molecular formula is C24H19ClIP. The Morgan fingerprint density at radius 3 is 1.15 bits per heavy atom. The Balaban J connectivity index is 0.00000210. The van der Waals surface area contributed by atoms with Gasteiger partial charge in [0.05, 0.1) is 5.02 Å². The van der Waals surface area contributed by atoms with Gasteiger partial charge in [0.25, 0.3) is 0 Å². The van der Waals surface area contributed by atoms with Gasteiger partial charge in [-0.25, -0.2) is 0 Å². The Morgan fingerprint density at radius 1 is 0.444 bits per heavy atom. The Hall–Kier alpha value is -1.67. The fourth-order valence-corrected chi connectivity index (χ4v) is 8.35. The summed E-state index contributed by atoms with van der Waals surface area (Å²) in [5, 5.41) is 5.95. The van der Waals surface area contributed by atoms with E-state index in [1.54, 1.807) is 0 Å². The first kappa shape index (κ1) is 20.1. The minimum Gasteiger partial charge on any atom is -1.00 e. The summed E-state index contributed by atoms with van der Waals surface area (Å²) in [6.45, 7) is 0. The number of rotatable bonds is 4. The summed E-state index contributed by atoms with van der Waals surface area (Å²) in [7, 11) is -2.08. The van der Waals surface area contributed by atoms with Crippen LogP contribution in [-0.2, 0) is 0 Å². The molecule has 0 bridgehead atoms. The van der Waals surface area contributed by atoms with Crippen LogP contribution < -0.4 is 45.2 Å². The van der Waals surface area contributed by atoms with E-state index in [2.05, 4.69) is 103 Å². The molecule has 0 aliphatic rings. The number of hydrogen-bond donors (Lipinski definition) is 0. The molecule has 0 heterocycles. The Labute approximate surface area is 183 Å². The second-order valence-electron chi connectivity index (χ2n) is 6.13. The van der Waals surface area contributed by atoms with Crippen molar-refractivity contribution < 1.29 is 24.0 Å². The van der Waals surface area contributed by atoms with Crippen LogP contribution in [0.15, 0.2) is 115 Å². The first-order valence-electron chi connectivity index (χ1n) is 8.64. The normalized spacial score (nSPS) is 10.9. The molecule has 0 aliphatic carbocycles. The zero-order valence-electron chi connectivity index (χ0n) is 14.7. The van der Waals surface area contributed by atoms with Crippen molar-refractivity contribution in [2.75, 3.05) is 0 Å². The summed E-state index contributed by atoms with van der Waals surface area (Å²) < 4.78 is 0. The Bertz CT molecular complexity index is 892. The van der Waals surface area contributed by atoms with Gasteiger partial charge in [0.15, 0.2) is 0 Å². The van der Waals surface area contributed by atoms with Crippen molar-refractivity contribution in [1.82, 2.24) is 0 Å². The molecule has 4 aromatic rings. The smallest absolute Gasteiger partial charge is 0.145 e. The van der Waals surface area contributed by atoms with E-state index in [0.29, 0.717) is 0 Å². The molecule has 0 amide bonds. The largest absolute Gasteiger partial charge is 1.00 e.